The fourth-order valence-corrected chi connectivity index (χ4v) is 2.47. The van der Waals surface area contributed by atoms with Gasteiger partial charge in [-0.05, 0) is 24.1 Å². The number of hydrogen-bond donors (Lipinski definition) is 0. The summed E-state index contributed by atoms with van der Waals surface area (Å²) in [7, 11) is 0. The van der Waals surface area contributed by atoms with Gasteiger partial charge in [-0.25, -0.2) is 4.98 Å². The lowest BCUT2D eigenvalue weighted by atomic mass is 10.2. The highest BCUT2D eigenvalue weighted by Crippen LogP contribution is 2.21. The normalized spacial score (nSPS) is 14.5. The van der Waals surface area contributed by atoms with Gasteiger partial charge < -0.3 is 9.47 Å². The minimum Gasteiger partial charge on any atom is -0.347 e. The van der Waals surface area contributed by atoms with Gasteiger partial charge in [-0.2, -0.15) is 0 Å². The Morgan fingerprint density at radius 2 is 2.21 bits per heavy atom. The van der Waals surface area contributed by atoms with Gasteiger partial charge in [-0.1, -0.05) is 6.92 Å². The van der Waals surface area contributed by atoms with E-state index in [0.29, 0.717) is 5.88 Å². The Morgan fingerprint density at radius 3 is 3.00 bits per heavy atom. The third-order valence-corrected chi connectivity index (χ3v) is 3.71. The van der Waals surface area contributed by atoms with Crippen LogP contribution in [-0.2, 0) is 25.4 Å². The molecule has 0 saturated carbocycles. The van der Waals surface area contributed by atoms with E-state index in [9.17, 15) is 0 Å². The Bertz CT molecular complexity index is 558. The van der Waals surface area contributed by atoms with E-state index in [1.54, 1.807) is 6.33 Å². The minimum atomic E-state index is 0.520. The molecule has 0 bridgehead atoms. The second kappa shape index (κ2) is 5.17. The van der Waals surface area contributed by atoms with Crippen molar-refractivity contribution in [1.29, 1.82) is 0 Å². The Morgan fingerprint density at radius 1 is 1.32 bits per heavy atom. The molecule has 2 aromatic rings. The van der Waals surface area contributed by atoms with E-state index in [4.69, 9.17) is 16.6 Å². The first-order chi connectivity index (χ1) is 9.30. The van der Waals surface area contributed by atoms with Crippen molar-refractivity contribution in [1.82, 2.24) is 19.7 Å². The van der Waals surface area contributed by atoms with Crippen LogP contribution < -0.4 is 4.90 Å². The first kappa shape index (κ1) is 12.4. The summed E-state index contributed by atoms with van der Waals surface area (Å²) in [6.45, 7) is 4.68. The standard InChI is InChI=1S/C13H16ClN5/c1-2-11-5-10(7-14)6-12(16-11)18-3-4-19-9-15-17-13(19)8-18/h5-6,9H,2-4,7-8H2,1H3. The average molecular weight is 278 g/mol. The summed E-state index contributed by atoms with van der Waals surface area (Å²) in [5.74, 6) is 2.50. The van der Waals surface area contributed by atoms with E-state index in [0.717, 1.165) is 49.0 Å². The van der Waals surface area contributed by atoms with E-state index in [-0.39, 0.29) is 0 Å². The van der Waals surface area contributed by atoms with E-state index >= 15 is 0 Å². The van der Waals surface area contributed by atoms with Crippen molar-refractivity contribution >= 4 is 17.4 Å². The number of pyridine rings is 1. The molecule has 1 aliphatic rings. The van der Waals surface area contributed by atoms with Crippen molar-refractivity contribution in [2.75, 3.05) is 11.4 Å². The van der Waals surface area contributed by atoms with Crippen molar-refractivity contribution in [2.24, 2.45) is 0 Å². The molecule has 1 aliphatic heterocycles. The van der Waals surface area contributed by atoms with Gasteiger partial charge >= 0.3 is 0 Å². The number of anilines is 1. The molecule has 100 valence electrons. The van der Waals surface area contributed by atoms with Crippen LogP contribution in [0.15, 0.2) is 18.5 Å². The first-order valence-corrected chi connectivity index (χ1v) is 7.01. The van der Waals surface area contributed by atoms with E-state index in [2.05, 4.69) is 38.7 Å². The number of halogens is 1. The number of alkyl halides is 1. The van der Waals surface area contributed by atoms with Gasteiger partial charge in [0.1, 0.15) is 12.1 Å². The van der Waals surface area contributed by atoms with Crippen molar-refractivity contribution in [3.8, 4) is 0 Å². The largest absolute Gasteiger partial charge is 0.347 e. The van der Waals surface area contributed by atoms with Crippen LogP contribution in [0, 0.1) is 0 Å². The van der Waals surface area contributed by atoms with Gasteiger partial charge in [0.15, 0.2) is 5.82 Å². The smallest absolute Gasteiger partial charge is 0.152 e. The van der Waals surface area contributed by atoms with E-state index in [1.807, 2.05) is 0 Å². The predicted octanol–water partition coefficient (Wildman–Crippen LogP) is 1.99. The summed E-state index contributed by atoms with van der Waals surface area (Å²) in [6.07, 6.45) is 2.70. The van der Waals surface area contributed by atoms with Crippen LogP contribution in [0.1, 0.15) is 24.0 Å². The molecule has 3 rings (SSSR count). The second-order valence-corrected chi connectivity index (χ2v) is 4.94. The number of aromatic nitrogens is 4. The molecule has 19 heavy (non-hydrogen) atoms. The summed E-state index contributed by atoms with van der Waals surface area (Å²) in [5.41, 5.74) is 2.20. The monoisotopic (exact) mass is 277 g/mol. The number of nitrogens with zero attached hydrogens (tertiary/aromatic N) is 5. The van der Waals surface area contributed by atoms with Gasteiger partial charge in [0.2, 0.25) is 0 Å². The lowest BCUT2D eigenvalue weighted by molar-refractivity contribution is 0.555. The van der Waals surface area contributed by atoms with Crippen molar-refractivity contribution in [3.05, 3.63) is 35.5 Å². The summed E-state index contributed by atoms with van der Waals surface area (Å²) in [5, 5.41) is 8.08. The van der Waals surface area contributed by atoms with Crippen LogP contribution in [-0.4, -0.2) is 26.3 Å². The average Bonchev–Trinajstić information content (AvgIpc) is 2.94. The quantitative estimate of drug-likeness (QED) is 0.805. The second-order valence-electron chi connectivity index (χ2n) is 4.67. The highest BCUT2D eigenvalue weighted by Gasteiger charge is 2.19. The van der Waals surface area contributed by atoms with Gasteiger partial charge in [0.05, 0.1) is 6.54 Å². The zero-order valence-corrected chi connectivity index (χ0v) is 11.6. The van der Waals surface area contributed by atoms with Crippen LogP contribution in [0.5, 0.6) is 0 Å². The van der Waals surface area contributed by atoms with Crippen molar-refractivity contribution in [3.63, 3.8) is 0 Å². The maximum Gasteiger partial charge on any atom is 0.152 e. The Kier molecular flexibility index (Phi) is 3.38. The molecule has 0 fully saturated rings. The number of rotatable bonds is 3. The molecule has 0 aliphatic carbocycles. The highest BCUT2D eigenvalue weighted by atomic mass is 35.5. The topological polar surface area (TPSA) is 46.8 Å². The molecule has 0 N–H and O–H groups in total. The molecule has 3 heterocycles. The Balaban J connectivity index is 1.90. The van der Waals surface area contributed by atoms with Gasteiger partial charge in [-0.15, -0.1) is 21.8 Å². The van der Waals surface area contributed by atoms with Crippen LogP contribution in [0.25, 0.3) is 0 Å². The van der Waals surface area contributed by atoms with Crippen LogP contribution in [0.4, 0.5) is 5.82 Å². The lowest BCUT2D eigenvalue weighted by Crippen LogP contribution is -2.34. The predicted molar refractivity (Wildman–Crippen MR) is 74.2 cm³/mol. The molecule has 6 heteroatoms. The summed E-state index contributed by atoms with van der Waals surface area (Å²) < 4.78 is 2.09. The lowest BCUT2D eigenvalue weighted by Gasteiger charge is -2.28. The molecule has 0 amide bonds. The first-order valence-electron chi connectivity index (χ1n) is 6.47. The molecule has 0 atom stereocenters. The molecule has 5 nitrogen and oxygen atoms in total. The number of hydrogen-bond acceptors (Lipinski definition) is 4. The minimum absolute atomic E-state index is 0.520. The number of aryl methyl sites for hydroxylation is 1. The molecular weight excluding hydrogens is 262 g/mol. The van der Waals surface area contributed by atoms with Crippen LogP contribution >= 0.6 is 11.6 Å². The zero-order valence-electron chi connectivity index (χ0n) is 10.9. The Labute approximate surface area is 117 Å². The molecule has 0 aromatic carbocycles. The molecule has 0 unspecified atom stereocenters. The molecular formula is C13H16ClN5. The SMILES string of the molecule is CCc1cc(CCl)cc(N2CCn3cnnc3C2)n1. The fraction of sp³-hybridized carbons (Fsp3) is 0.462. The molecule has 2 aromatic heterocycles. The molecule has 0 spiro atoms. The maximum atomic E-state index is 5.96. The zero-order chi connectivity index (χ0) is 13.2. The van der Waals surface area contributed by atoms with Crippen molar-refractivity contribution < 1.29 is 0 Å². The summed E-state index contributed by atoms with van der Waals surface area (Å²) in [4.78, 5) is 6.93. The molecule has 0 radical (unpaired) electrons. The fourth-order valence-electron chi connectivity index (χ4n) is 2.32. The van der Waals surface area contributed by atoms with Crippen LogP contribution in [0.3, 0.4) is 0 Å². The van der Waals surface area contributed by atoms with Gasteiger partial charge in [-0.3, -0.25) is 0 Å². The highest BCUT2D eigenvalue weighted by molar-refractivity contribution is 6.17. The third kappa shape index (κ3) is 2.42. The maximum absolute atomic E-state index is 5.96. The summed E-state index contributed by atoms with van der Waals surface area (Å²) >= 11 is 5.96. The Hall–Kier alpha value is -1.62. The molecule has 0 saturated heterocycles. The van der Waals surface area contributed by atoms with E-state index in [1.165, 1.54) is 0 Å². The number of fused-ring (bicyclic) bond motifs is 1. The third-order valence-electron chi connectivity index (χ3n) is 3.40. The van der Waals surface area contributed by atoms with Gasteiger partial charge in [0, 0.05) is 24.7 Å². The van der Waals surface area contributed by atoms with Crippen molar-refractivity contribution in [2.45, 2.75) is 32.3 Å². The van der Waals surface area contributed by atoms with E-state index < -0.39 is 0 Å². The summed E-state index contributed by atoms with van der Waals surface area (Å²) in [6, 6.07) is 4.14. The van der Waals surface area contributed by atoms with Crippen LogP contribution in [0.2, 0.25) is 0 Å². The van der Waals surface area contributed by atoms with Gasteiger partial charge in [0.25, 0.3) is 0 Å².